The third-order valence-corrected chi connectivity index (χ3v) is 5.40. The maximum atomic E-state index is 6.12. The first kappa shape index (κ1) is 21.7. The molecule has 1 heterocycles. The summed E-state index contributed by atoms with van der Waals surface area (Å²) in [7, 11) is 2.26. The molecule has 0 bridgehead atoms. The van der Waals surface area contributed by atoms with Gasteiger partial charge in [-0.15, -0.1) is 0 Å². The van der Waals surface area contributed by atoms with Crippen LogP contribution in [0.4, 0.5) is 5.69 Å². The van der Waals surface area contributed by atoms with E-state index in [1.807, 2.05) is 37.3 Å². The maximum Gasteiger partial charge on any atom is 0.173 e. The number of thiocarbonyl (C=S) groups is 1. The molecule has 4 nitrogen and oxygen atoms in total. The molecule has 0 aliphatic rings. The Morgan fingerprint density at radius 2 is 2.04 bits per heavy atom. The van der Waals surface area contributed by atoms with E-state index >= 15 is 0 Å². The lowest BCUT2D eigenvalue weighted by Crippen LogP contribution is -3.09. The van der Waals surface area contributed by atoms with Gasteiger partial charge < -0.3 is 19.5 Å². The van der Waals surface area contributed by atoms with Crippen LogP contribution in [0.2, 0.25) is 5.02 Å². The molecule has 6 heteroatoms. The van der Waals surface area contributed by atoms with Gasteiger partial charge in [0.15, 0.2) is 5.11 Å². The molecule has 0 saturated heterocycles. The Morgan fingerprint density at radius 3 is 2.70 bits per heavy atom. The lowest BCUT2D eigenvalue weighted by molar-refractivity contribution is -0.880. The van der Waals surface area contributed by atoms with E-state index in [0.29, 0.717) is 11.7 Å². The van der Waals surface area contributed by atoms with Crippen LogP contribution in [0.1, 0.15) is 37.5 Å². The van der Waals surface area contributed by atoms with Crippen LogP contribution in [0.15, 0.2) is 41.0 Å². The number of rotatable bonds is 10. The molecule has 148 valence electrons. The number of aryl methyl sites for hydroxylation is 1. The summed E-state index contributed by atoms with van der Waals surface area (Å²) in [5, 5.41) is 4.81. The highest BCUT2D eigenvalue weighted by Gasteiger charge is 2.14. The van der Waals surface area contributed by atoms with Gasteiger partial charge >= 0.3 is 0 Å². The molecule has 0 aliphatic carbocycles. The molecule has 27 heavy (non-hydrogen) atoms. The van der Waals surface area contributed by atoms with E-state index in [-0.39, 0.29) is 0 Å². The van der Waals surface area contributed by atoms with Crippen molar-refractivity contribution in [2.45, 2.75) is 39.7 Å². The van der Waals surface area contributed by atoms with E-state index < -0.39 is 0 Å². The number of quaternary nitrogens is 1. The number of hydrogen-bond donors (Lipinski definition) is 2. The SMILES string of the molecule is CCCC[NH+](C)CCCN(Cc1ccco1)C(=S)Nc1ccc(Cl)c(C)c1. The highest BCUT2D eigenvalue weighted by atomic mass is 35.5. The third kappa shape index (κ3) is 7.53. The summed E-state index contributed by atoms with van der Waals surface area (Å²) in [5.74, 6) is 0.915. The molecule has 2 aromatic rings. The Morgan fingerprint density at radius 1 is 1.26 bits per heavy atom. The van der Waals surface area contributed by atoms with Gasteiger partial charge in [-0.05, 0) is 61.5 Å². The minimum Gasteiger partial charge on any atom is -0.467 e. The molecule has 1 unspecified atom stereocenters. The molecule has 0 spiro atoms. The minimum absolute atomic E-state index is 0.666. The van der Waals surface area contributed by atoms with Crippen LogP contribution in [-0.2, 0) is 6.54 Å². The highest BCUT2D eigenvalue weighted by molar-refractivity contribution is 7.80. The fraction of sp³-hybridized carbons (Fsp3) is 0.476. The van der Waals surface area contributed by atoms with E-state index in [1.165, 1.54) is 19.4 Å². The number of benzene rings is 1. The summed E-state index contributed by atoms with van der Waals surface area (Å²) < 4.78 is 5.53. The monoisotopic (exact) mass is 408 g/mol. The quantitative estimate of drug-likeness (QED) is 0.578. The summed E-state index contributed by atoms with van der Waals surface area (Å²) in [6, 6.07) is 9.76. The fourth-order valence-electron chi connectivity index (χ4n) is 2.94. The van der Waals surface area contributed by atoms with Gasteiger partial charge in [0.05, 0.1) is 32.9 Å². The highest BCUT2D eigenvalue weighted by Crippen LogP contribution is 2.20. The predicted octanol–water partition coefficient (Wildman–Crippen LogP) is 4.15. The Bertz CT molecular complexity index is 705. The van der Waals surface area contributed by atoms with Crippen molar-refractivity contribution in [2.75, 3.05) is 32.0 Å². The molecule has 1 atom stereocenters. The molecule has 0 saturated carbocycles. The van der Waals surface area contributed by atoms with Crippen molar-refractivity contribution in [2.24, 2.45) is 0 Å². The Balaban J connectivity index is 1.95. The molecule has 1 aromatic carbocycles. The zero-order valence-corrected chi connectivity index (χ0v) is 18.1. The van der Waals surface area contributed by atoms with Gasteiger partial charge in [0.1, 0.15) is 5.76 Å². The van der Waals surface area contributed by atoms with Crippen molar-refractivity contribution in [1.29, 1.82) is 0 Å². The van der Waals surface area contributed by atoms with Crippen molar-refractivity contribution in [3.05, 3.63) is 52.9 Å². The third-order valence-electron chi connectivity index (χ3n) is 4.61. The zero-order valence-electron chi connectivity index (χ0n) is 16.6. The largest absolute Gasteiger partial charge is 0.467 e. The zero-order chi connectivity index (χ0) is 19.6. The normalized spacial score (nSPS) is 12.0. The van der Waals surface area contributed by atoms with Crippen LogP contribution in [0, 0.1) is 6.92 Å². The lowest BCUT2D eigenvalue weighted by atomic mass is 10.2. The van der Waals surface area contributed by atoms with E-state index in [0.717, 1.165) is 41.5 Å². The van der Waals surface area contributed by atoms with Crippen LogP contribution in [0.3, 0.4) is 0 Å². The van der Waals surface area contributed by atoms with Gasteiger partial charge in [0.25, 0.3) is 0 Å². The number of furan rings is 1. The molecular formula is C21H31ClN3OS+. The van der Waals surface area contributed by atoms with Crippen molar-refractivity contribution in [3.63, 3.8) is 0 Å². The van der Waals surface area contributed by atoms with Crippen molar-refractivity contribution >= 4 is 34.6 Å². The van der Waals surface area contributed by atoms with Crippen LogP contribution in [0.5, 0.6) is 0 Å². The molecule has 0 fully saturated rings. The molecule has 0 aliphatic heterocycles. The first-order valence-electron chi connectivity index (χ1n) is 9.65. The molecule has 1 aromatic heterocycles. The smallest absolute Gasteiger partial charge is 0.173 e. The Hall–Kier alpha value is -1.56. The molecular weight excluding hydrogens is 378 g/mol. The van der Waals surface area contributed by atoms with Crippen molar-refractivity contribution < 1.29 is 9.32 Å². The van der Waals surface area contributed by atoms with E-state index in [1.54, 1.807) is 11.2 Å². The van der Waals surface area contributed by atoms with Gasteiger partial charge in [-0.25, -0.2) is 0 Å². The average molecular weight is 409 g/mol. The van der Waals surface area contributed by atoms with E-state index in [9.17, 15) is 0 Å². The summed E-state index contributed by atoms with van der Waals surface area (Å²) >= 11 is 11.8. The fourth-order valence-corrected chi connectivity index (χ4v) is 3.33. The van der Waals surface area contributed by atoms with Crippen LogP contribution in [0.25, 0.3) is 0 Å². The molecule has 2 N–H and O–H groups in total. The van der Waals surface area contributed by atoms with E-state index in [2.05, 4.69) is 24.2 Å². The van der Waals surface area contributed by atoms with Gasteiger partial charge in [0.2, 0.25) is 0 Å². The number of hydrogen-bond acceptors (Lipinski definition) is 2. The van der Waals surface area contributed by atoms with Gasteiger partial charge in [-0.2, -0.15) is 0 Å². The number of nitrogens with zero attached hydrogens (tertiary/aromatic N) is 1. The Kier molecular flexibility index (Phi) is 9.11. The van der Waals surface area contributed by atoms with Crippen molar-refractivity contribution in [3.8, 4) is 0 Å². The maximum absolute atomic E-state index is 6.12. The first-order valence-corrected chi connectivity index (χ1v) is 10.4. The van der Waals surface area contributed by atoms with Gasteiger partial charge in [0, 0.05) is 23.7 Å². The number of unbranched alkanes of at least 4 members (excludes halogenated alkanes) is 1. The summed E-state index contributed by atoms with van der Waals surface area (Å²) in [6.45, 7) is 8.15. The lowest BCUT2D eigenvalue weighted by Gasteiger charge is -2.26. The van der Waals surface area contributed by atoms with Crippen LogP contribution in [-0.4, -0.2) is 36.7 Å². The molecule has 2 rings (SSSR count). The second-order valence-corrected chi connectivity index (χ2v) is 7.85. The Labute approximate surface area is 173 Å². The summed E-state index contributed by atoms with van der Waals surface area (Å²) in [5.41, 5.74) is 1.99. The van der Waals surface area contributed by atoms with Gasteiger partial charge in [-0.1, -0.05) is 24.9 Å². The number of anilines is 1. The summed E-state index contributed by atoms with van der Waals surface area (Å²) in [4.78, 5) is 3.74. The molecule has 0 radical (unpaired) electrons. The van der Waals surface area contributed by atoms with Crippen molar-refractivity contribution in [1.82, 2.24) is 4.90 Å². The average Bonchev–Trinajstić information content (AvgIpc) is 3.15. The van der Waals surface area contributed by atoms with Crippen LogP contribution < -0.4 is 10.2 Å². The van der Waals surface area contributed by atoms with Gasteiger partial charge in [-0.3, -0.25) is 0 Å². The molecule has 0 amide bonds. The predicted molar refractivity (Wildman–Crippen MR) is 118 cm³/mol. The second kappa shape index (κ2) is 11.3. The topological polar surface area (TPSA) is 32.9 Å². The van der Waals surface area contributed by atoms with E-state index in [4.69, 9.17) is 28.2 Å². The number of nitrogens with one attached hydrogen (secondary N) is 2. The van der Waals surface area contributed by atoms with Crippen LogP contribution >= 0.6 is 23.8 Å². The number of halogens is 1. The minimum atomic E-state index is 0.666. The first-order chi connectivity index (χ1) is 13.0. The standard InChI is InChI=1S/C21H30ClN3OS/c1-4-5-11-24(3)12-7-13-25(16-19-8-6-14-26-19)21(27)23-18-9-10-20(22)17(2)15-18/h6,8-10,14-15H,4-5,7,11-13,16H2,1-3H3,(H,23,27)/p+1. The second-order valence-electron chi connectivity index (χ2n) is 7.06. The summed E-state index contributed by atoms with van der Waals surface area (Å²) in [6.07, 6.45) is 5.31.